The molecule has 2 N–H and O–H groups in total. The Bertz CT molecular complexity index is 312. The maximum absolute atomic E-state index is 3.58. The molecule has 2 heteroatoms. The van der Waals surface area contributed by atoms with E-state index in [0.29, 0.717) is 0 Å². The molecular formula is C15H24N2. The second kappa shape index (κ2) is 6.77. The number of piperidine rings is 1. The first kappa shape index (κ1) is 12.6. The summed E-state index contributed by atoms with van der Waals surface area (Å²) in [7, 11) is 0. The molecule has 1 aromatic rings. The summed E-state index contributed by atoms with van der Waals surface area (Å²) in [6, 6.07) is 8.86. The van der Waals surface area contributed by atoms with Gasteiger partial charge >= 0.3 is 0 Å². The minimum absolute atomic E-state index is 0.835. The van der Waals surface area contributed by atoms with Gasteiger partial charge in [-0.05, 0) is 63.8 Å². The second-order valence-electron chi connectivity index (χ2n) is 5.15. The third-order valence-electron chi connectivity index (χ3n) is 3.54. The van der Waals surface area contributed by atoms with Gasteiger partial charge in [-0.2, -0.15) is 0 Å². The van der Waals surface area contributed by atoms with Crippen molar-refractivity contribution >= 4 is 0 Å². The van der Waals surface area contributed by atoms with Gasteiger partial charge in [0.2, 0.25) is 0 Å². The number of benzene rings is 1. The van der Waals surface area contributed by atoms with Crippen LogP contribution in [0.5, 0.6) is 0 Å². The summed E-state index contributed by atoms with van der Waals surface area (Å²) in [5.74, 6) is 0.835. The van der Waals surface area contributed by atoms with Crippen molar-refractivity contribution < 1.29 is 0 Å². The van der Waals surface area contributed by atoms with Gasteiger partial charge in [0, 0.05) is 0 Å². The highest BCUT2D eigenvalue weighted by molar-refractivity contribution is 5.21. The van der Waals surface area contributed by atoms with Gasteiger partial charge in [-0.3, -0.25) is 0 Å². The molecule has 1 fully saturated rings. The summed E-state index contributed by atoms with van der Waals surface area (Å²) in [5, 5.41) is 7.04. The predicted octanol–water partition coefficient (Wildman–Crippen LogP) is 2.13. The highest BCUT2D eigenvalue weighted by Crippen LogP contribution is 2.08. The third kappa shape index (κ3) is 4.49. The van der Waals surface area contributed by atoms with Crippen LogP contribution in [-0.2, 0) is 6.42 Å². The quantitative estimate of drug-likeness (QED) is 0.760. The maximum Gasteiger partial charge on any atom is -0.000823 e. The summed E-state index contributed by atoms with van der Waals surface area (Å²) in [6.07, 6.45) is 3.86. The zero-order valence-electron chi connectivity index (χ0n) is 10.8. The van der Waals surface area contributed by atoms with Crippen molar-refractivity contribution in [1.29, 1.82) is 0 Å². The Hall–Kier alpha value is -0.860. The lowest BCUT2D eigenvalue weighted by atomic mass is 10.00. The molecule has 0 aliphatic carbocycles. The molecule has 1 aliphatic heterocycles. The molecule has 1 unspecified atom stereocenters. The lowest BCUT2D eigenvalue weighted by Gasteiger charge is -2.22. The highest BCUT2D eigenvalue weighted by Gasteiger charge is 2.11. The number of aryl methyl sites for hydroxylation is 1. The third-order valence-corrected chi connectivity index (χ3v) is 3.54. The van der Waals surface area contributed by atoms with E-state index in [4.69, 9.17) is 0 Å². The summed E-state index contributed by atoms with van der Waals surface area (Å²) in [6.45, 7) is 6.80. The molecule has 0 radical (unpaired) electrons. The topological polar surface area (TPSA) is 24.1 Å². The Morgan fingerprint density at radius 2 is 2.12 bits per heavy atom. The van der Waals surface area contributed by atoms with E-state index in [1.807, 2.05) is 0 Å². The Kier molecular flexibility index (Phi) is 5.02. The van der Waals surface area contributed by atoms with Gasteiger partial charge in [0.1, 0.15) is 0 Å². The Balaban J connectivity index is 1.60. The molecule has 17 heavy (non-hydrogen) atoms. The maximum atomic E-state index is 3.58. The van der Waals surface area contributed by atoms with E-state index >= 15 is 0 Å². The van der Waals surface area contributed by atoms with Crippen molar-refractivity contribution in [2.45, 2.75) is 26.2 Å². The lowest BCUT2D eigenvalue weighted by molar-refractivity contribution is 0.361. The molecule has 2 nitrogen and oxygen atoms in total. The molecule has 0 amide bonds. The van der Waals surface area contributed by atoms with E-state index in [9.17, 15) is 0 Å². The summed E-state index contributed by atoms with van der Waals surface area (Å²) >= 11 is 0. The van der Waals surface area contributed by atoms with Crippen LogP contribution in [0.1, 0.15) is 24.0 Å². The summed E-state index contributed by atoms with van der Waals surface area (Å²) in [4.78, 5) is 0. The largest absolute Gasteiger partial charge is 0.316 e. The molecule has 1 saturated heterocycles. The average Bonchev–Trinajstić information content (AvgIpc) is 2.38. The molecule has 1 aliphatic rings. The first-order valence-electron chi connectivity index (χ1n) is 6.81. The van der Waals surface area contributed by atoms with Gasteiger partial charge in [-0.1, -0.05) is 29.8 Å². The molecule has 0 saturated carbocycles. The SMILES string of the molecule is Cc1ccc(CCNCC2CCCNC2)cc1. The van der Waals surface area contributed by atoms with Crippen molar-refractivity contribution in [3.63, 3.8) is 0 Å². The first-order valence-corrected chi connectivity index (χ1v) is 6.81. The lowest BCUT2D eigenvalue weighted by Crippen LogP contribution is -2.36. The molecular weight excluding hydrogens is 208 g/mol. The monoisotopic (exact) mass is 232 g/mol. The zero-order valence-corrected chi connectivity index (χ0v) is 10.8. The van der Waals surface area contributed by atoms with E-state index in [2.05, 4.69) is 41.8 Å². The summed E-state index contributed by atoms with van der Waals surface area (Å²) in [5.41, 5.74) is 2.78. The van der Waals surface area contributed by atoms with E-state index in [1.54, 1.807) is 0 Å². The van der Waals surface area contributed by atoms with E-state index in [1.165, 1.54) is 43.6 Å². The minimum atomic E-state index is 0.835. The van der Waals surface area contributed by atoms with E-state index < -0.39 is 0 Å². The standard InChI is InChI=1S/C15H24N2/c1-13-4-6-14(7-5-13)8-10-17-12-15-3-2-9-16-11-15/h4-7,15-17H,2-3,8-12H2,1H3. The van der Waals surface area contributed by atoms with Gasteiger partial charge in [0.25, 0.3) is 0 Å². The minimum Gasteiger partial charge on any atom is -0.316 e. The fourth-order valence-electron chi connectivity index (χ4n) is 2.39. The smallest absolute Gasteiger partial charge is 0.000823 e. The van der Waals surface area contributed by atoms with Crippen LogP contribution in [0.15, 0.2) is 24.3 Å². The summed E-state index contributed by atoms with van der Waals surface area (Å²) < 4.78 is 0. The Labute approximate surface area is 105 Å². The van der Waals surface area contributed by atoms with Crippen LogP contribution in [0.4, 0.5) is 0 Å². The first-order chi connectivity index (χ1) is 8.34. The zero-order chi connectivity index (χ0) is 11.9. The van der Waals surface area contributed by atoms with Crippen LogP contribution < -0.4 is 10.6 Å². The van der Waals surface area contributed by atoms with Gasteiger partial charge < -0.3 is 10.6 Å². The molecule has 0 aromatic heterocycles. The van der Waals surface area contributed by atoms with Gasteiger partial charge in [-0.15, -0.1) is 0 Å². The van der Waals surface area contributed by atoms with Crippen LogP contribution in [0.2, 0.25) is 0 Å². The fraction of sp³-hybridized carbons (Fsp3) is 0.600. The van der Waals surface area contributed by atoms with Crippen molar-refractivity contribution in [2.24, 2.45) is 5.92 Å². The van der Waals surface area contributed by atoms with Crippen LogP contribution in [0.3, 0.4) is 0 Å². The van der Waals surface area contributed by atoms with Crippen LogP contribution in [-0.4, -0.2) is 26.2 Å². The second-order valence-corrected chi connectivity index (χ2v) is 5.15. The highest BCUT2D eigenvalue weighted by atomic mass is 14.9. The number of nitrogens with one attached hydrogen (secondary N) is 2. The van der Waals surface area contributed by atoms with Crippen LogP contribution >= 0.6 is 0 Å². The predicted molar refractivity (Wildman–Crippen MR) is 73.3 cm³/mol. The van der Waals surface area contributed by atoms with Crippen molar-refractivity contribution in [3.8, 4) is 0 Å². The van der Waals surface area contributed by atoms with Gasteiger partial charge in [0.15, 0.2) is 0 Å². The molecule has 1 atom stereocenters. The Morgan fingerprint density at radius 3 is 2.82 bits per heavy atom. The van der Waals surface area contributed by atoms with Crippen molar-refractivity contribution in [1.82, 2.24) is 10.6 Å². The molecule has 1 heterocycles. The number of rotatable bonds is 5. The number of hydrogen-bond acceptors (Lipinski definition) is 2. The van der Waals surface area contributed by atoms with Crippen LogP contribution in [0.25, 0.3) is 0 Å². The Morgan fingerprint density at radius 1 is 1.29 bits per heavy atom. The van der Waals surface area contributed by atoms with Crippen molar-refractivity contribution in [3.05, 3.63) is 35.4 Å². The number of hydrogen-bond donors (Lipinski definition) is 2. The van der Waals surface area contributed by atoms with E-state index in [-0.39, 0.29) is 0 Å². The van der Waals surface area contributed by atoms with Crippen molar-refractivity contribution in [2.75, 3.05) is 26.2 Å². The average molecular weight is 232 g/mol. The van der Waals surface area contributed by atoms with Gasteiger partial charge in [0.05, 0.1) is 0 Å². The molecule has 1 aromatic carbocycles. The van der Waals surface area contributed by atoms with Crippen LogP contribution in [0, 0.1) is 12.8 Å². The molecule has 0 bridgehead atoms. The normalized spacial score (nSPS) is 20.4. The van der Waals surface area contributed by atoms with Gasteiger partial charge in [-0.25, -0.2) is 0 Å². The van der Waals surface area contributed by atoms with E-state index in [0.717, 1.165) is 18.9 Å². The molecule has 2 rings (SSSR count). The molecule has 94 valence electrons. The molecule has 0 spiro atoms. The fourth-order valence-corrected chi connectivity index (χ4v) is 2.39.